The minimum absolute atomic E-state index is 0.859. The molecule has 9 rings (SSSR count). The van der Waals surface area contributed by atoms with Crippen LogP contribution in [0.25, 0.3) is 64.0 Å². The van der Waals surface area contributed by atoms with Crippen LogP contribution in [0.1, 0.15) is 0 Å². The first-order valence-electron chi connectivity index (χ1n) is 13.6. The van der Waals surface area contributed by atoms with Crippen molar-refractivity contribution in [2.45, 2.75) is 0 Å². The summed E-state index contributed by atoms with van der Waals surface area (Å²) in [5.41, 5.74) is 4.16. The molecule has 1 atom stereocenters. The largest absolute Gasteiger partial charge is 0.309 e. The molecule has 3 nitrogen and oxygen atoms in total. The summed E-state index contributed by atoms with van der Waals surface area (Å²) >= 11 is 1.76. The van der Waals surface area contributed by atoms with Crippen LogP contribution in [0, 0.1) is 0 Å². The topological polar surface area (TPSA) is 42.9 Å². The molecule has 1 aliphatic rings. The fourth-order valence-electron chi connectivity index (χ4n) is 6.74. The third kappa shape index (κ3) is 3.06. The first kappa shape index (κ1) is 23.1. The monoisotopic (exact) mass is 560 g/mol. The molecule has 3 heterocycles. The molecule has 192 valence electrons. The molecule has 0 saturated heterocycles. The number of nitrogens with zero attached hydrogens (tertiary/aromatic N) is 2. The first-order chi connectivity index (χ1) is 20.2. The van der Waals surface area contributed by atoms with Gasteiger partial charge in [-0.15, -0.1) is 11.3 Å². The van der Waals surface area contributed by atoms with Gasteiger partial charge >= 0.3 is 0 Å². The third-order valence-electron chi connectivity index (χ3n) is 8.49. The van der Waals surface area contributed by atoms with Gasteiger partial charge in [-0.3, -0.25) is 0 Å². The predicted molar refractivity (Wildman–Crippen MR) is 174 cm³/mol. The van der Waals surface area contributed by atoms with Crippen LogP contribution in [0.5, 0.6) is 0 Å². The Labute approximate surface area is 240 Å². The van der Waals surface area contributed by atoms with Crippen molar-refractivity contribution in [1.82, 2.24) is 10.2 Å². The summed E-state index contributed by atoms with van der Waals surface area (Å²) in [5, 5.41) is 17.9. The molecular formula is C36H21N2OPS. The van der Waals surface area contributed by atoms with Crippen LogP contribution < -0.4 is 15.9 Å². The molecule has 0 radical (unpaired) electrons. The second kappa shape index (κ2) is 8.44. The number of benzene rings is 6. The Morgan fingerprint density at radius 2 is 1.05 bits per heavy atom. The molecule has 0 bridgehead atoms. The van der Waals surface area contributed by atoms with Crippen LogP contribution in [0.4, 0.5) is 0 Å². The van der Waals surface area contributed by atoms with Gasteiger partial charge in [0.2, 0.25) is 0 Å². The molecule has 5 heteroatoms. The molecule has 0 amide bonds. The lowest BCUT2D eigenvalue weighted by Crippen LogP contribution is -2.26. The van der Waals surface area contributed by atoms with Gasteiger partial charge in [-0.05, 0) is 39.6 Å². The maximum atomic E-state index is 16.1. The van der Waals surface area contributed by atoms with Gasteiger partial charge < -0.3 is 4.57 Å². The van der Waals surface area contributed by atoms with E-state index >= 15 is 4.57 Å². The fourth-order valence-corrected chi connectivity index (χ4v) is 11.0. The molecule has 2 aromatic heterocycles. The van der Waals surface area contributed by atoms with Gasteiger partial charge in [0.25, 0.3) is 0 Å². The Morgan fingerprint density at radius 1 is 0.488 bits per heavy atom. The Hall–Kier alpha value is -4.63. The molecule has 0 aliphatic carbocycles. The third-order valence-corrected chi connectivity index (χ3v) is 12.8. The van der Waals surface area contributed by atoms with E-state index in [0.717, 1.165) is 64.4 Å². The van der Waals surface area contributed by atoms with Gasteiger partial charge in [-0.25, -0.2) is 0 Å². The van der Waals surface area contributed by atoms with Gasteiger partial charge in [0, 0.05) is 52.4 Å². The van der Waals surface area contributed by atoms with Crippen molar-refractivity contribution in [2.24, 2.45) is 0 Å². The van der Waals surface area contributed by atoms with E-state index in [0.29, 0.717) is 0 Å². The van der Waals surface area contributed by atoms with Gasteiger partial charge in [-0.1, -0.05) is 103 Å². The molecule has 0 fully saturated rings. The van der Waals surface area contributed by atoms with Crippen LogP contribution >= 0.6 is 18.5 Å². The van der Waals surface area contributed by atoms with Crippen LogP contribution in [0.3, 0.4) is 0 Å². The quantitative estimate of drug-likeness (QED) is 0.149. The number of hydrogen-bond acceptors (Lipinski definition) is 4. The summed E-state index contributed by atoms with van der Waals surface area (Å²) in [5.74, 6) is 0. The van der Waals surface area contributed by atoms with E-state index in [1.165, 1.54) is 15.5 Å². The maximum absolute atomic E-state index is 16.1. The van der Waals surface area contributed by atoms with Gasteiger partial charge in [0.15, 0.2) is 7.14 Å². The van der Waals surface area contributed by atoms with Crippen molar-refractivity contribution in [2.75, 3.05) is 0 Å². The molecule has 1 aliphatic heterocycles. The number of thiophene rings is 1. The standard InChI is InChI=1S/C36H21N2OPS/c39-40(22-17-18-25-24-10-5-8-16-33(24)41-34(25)19-22)31-14-6-3-12-27(31)35-26-11-2-1-9-23(26)29-20-37-38-21-30(29)36(35)28-13-4-7-15-32(28)40/h1-21H. The summed E-state index contributed by atoms with van der Waals surface area (Å²) in [4.78, 5) is 0. The molecule has 6 aromatic carbocycles. The van der Waals surface area contributed by atoms with Gasteiger partial charge in [0.05, 0.1) is 12.4 Å². The SMILES string of the molecule is O=P1(c2ccc3c(c2)sc2ccccc23)c2ccccc2-c2c(c3cnncc3c3ccccc23)-c2ccccc21. The highest BCUT2D eigenvalue weighted by atomic mass is 32.1. The van der Waals surface area contributed by atoms with Crippen molar-refractivity contribution in [3.63, 3.8) is 0 Å². The first-order valence-corrected chi connectivity index (χ1v) is 16.1. The smallest absolute Gasteiger partial charge is 0.172 e. The highest BCUT2D eigenvalue weighted by molar-refractivity contribution is 7.85. The second-order valence-electron chi connectivity index (χ2n) is 10.5. The Balaban J connectivity index is 1.47. The highest BCUT2D eigenvalue weighted by Crippen LogP contribution is 2.55. The molecule has 41 heavy (non-hydrogen) atoms. The zero-order valence-electron chi connectivity index (χ0n) is 21.8. The van der Waals surface area contributed by atoms with Crippen molar-refractivity contribution in [1.29, 1.82) is 0 Å². The summed E-state index contributed by atoms with van der Waals surface area (Å²) in [6.45, 7) is 0. The van der Waals surface area contributed by atoms with Crippen molar-refractivity contribution in [3.8, 4) is 22.3 Å². The minimum Gasteiger partial charge on any atom is -0.309 e. The molecule has 0 spiro atoms. The molecular weight excluding hydrogens is 539 g/mol. The van der Waals surface area contributed by atoms with E-state index in [1.807, 2.05) is 30.6 Å². The normalized spacial score (nSPS) is 16.0. The Morgan fingerprint density at radius 3 is 1.80 bits per heavy atom. The van der Waals surface area contributed by atoms with Crippen molar-refractivity contribution in [3.05, 3.63) is 128 Å². The molecule has 0 N–H and O–H groups in total. The number of fused-ring (bicyclic) bond motifs is 13. The summed E-state index contributed by atoms with van der Waals surface area (Å²) in [6, 6.07) is 39.9. The van der Waals surface area contributed by atoms with Crippen LogP contribution in [-0.4, -0.2) is 10.2 Å². The summed E-state index contributed by atoms with van der Waals surface area (Å²) in [7, 11) is -3.30. The maximum Gasteiger partial charge on any atom is 0.172 e. The minimum atomic E-state index is -3.30. The Kier molecular flexibility index (Phi) is 4.76. The fraction of sp³-hybridized carbons (Fsp3) is 0. The van der Waals surface area contributed by atoms with E-state index in [9.17, 15) is 0 Å². The van der Waals surface area contributed by atoms with Gasteiger partial charge in [0.1, 0.15) is 0 Å². The lowest BCUT2D eigenvalue weighted by Gasteiger charge is -2.22. The zero-order chi connectivity index (χ0) is 27.1. The summed E-state index contributed by atoms with van der Waals surface area (Å²) in [6.07, 6.45) is 3.71. The number of rotatable bonds is 1. The molecule has 1 unspecified atom stereocenters. The lowest BCUT2D eigenvalue weighted by atomic mass is 9.86. The number of aromatic nitrogens is 2. The summed E-state index contributed by atoms with van der Waals surface area (Å²) < 4.78 is 18.5. The zero-order valence-corrected chi connectivity index (χ0v) is 23.5. The van der Waals surface area contributed by atoms with E-state index in [4.69, 9.17) is 0 Å². The number of hydrogen-bond donors (Lipinski definition) is 0. The van der Waals surface area contributed by atoms with E-state index in [1.54, 1.807) is 11.3 Å². The van der Waals surface area contributed by atoms with Crippen LogP contribution in [-0.2, 0) is 4.57 Å². The van der Waals surface area contributed by atoms with Crippen molar-refractivity contribution < 1.29 is 4.57 Å². The van der Waals surface area contributed by atoms with Gasteiger partial charge in [-0.2, -0.15) is 10.2 Å². The van der Waals surface area contributed by atoms with Crippen LogP contribution in [0.2, 0.25) is 0 Å². The highest BCUT2D eigenvalue weighted by Gasteiger charge is 2.39. The second-order valence-corrected chi connectivity index (χ2v) is 14.3. The predicted octanol–water partition coefficient (Wildman–Crippen LogP) is 8.44. The average Bonchev–Trinajstić information content (AvgIpc) is 3.37. The van der Waals surface area contributed by atoms with E-state index in [2.05, 4.69) is 107 Å². The average molecular weight is 561 g/mol. The molecule has 0 saturated carbocycles. The van der Waals surface area contributed by atoms with Crippen molar-refractivity contribution >= 4 is 76.1 Å². The van der Waals surface area contributed by atoms with E-state index in [-0.39, 0.29) is 0 Å². The lowest BCUT2D eigenvalue weighted by molar-refractivity contribution is 0.592. The molecule has 8 aromatic rings. The van der Waals surface area contributed by atoms with Crippen LogP contribution in [0.15, 0.2) is 128 Å². The Bertz CT molecular complexity index is 2320. The van der Waals surface area contributed by atoms with E-state index < -0.39 is 7.14 Å².